The number of hydrogen-bond acceptors (Lipinski definition) is 14. The Labute approximate surface area is 662 Å². The van der Waals surface area contributed by atoms with Crippen LogP contribution < -0.4 is 0 Å². The maximum atomic E-state index is 13.0. The van der Waals surface area contributed by atoms with E-state index in [9.17, 15) is 43.5 Å². The zero-order valence-electron chi connectivity index (χ0n) is 68.2. The number of unbranched alkanes of at least 4 members (excludes halogenated alkanes) is 28. The van der Waals surface area contributed by atoms with Crippen molar-refractivity contribution in [1.82, 2.24) is 0 Å². The minimum Gasteiger partial charge on any atom is -0.463 e. The van der Waals surface area contributed by atoms with Crippen LogP contribution in [0.15, 0.2) is 170 Å². The van der Waals surface area contributed by atoms with E-state index in [4.69, 9.17) is 32.3 Å². The van der Waals surface area contributed by atoms with Gasteiger partial charge in [-0.05, 0) is 154 Å². The number of rotatable bonds is 79. The summed E-state index contributed by atoms with van der Waals surface area (Å²) < 4.78 is 61.3. The van der Waals surface area contributed by atoms with Crippen molar-refractivity contribution in [2.24, 2.45) is 0 Å². The number of aliphatic hydroxyl groups is 2. The Morgan fingerprint density at radius 3 is 0.771 bits per heavy atom. The molecule has 0 aromatic rings. The Kier molecular flexibility index (Phi) is 78.5. The first kappa shape index (κ1) is 104. The van der Waals surface area contributed by atoms with Gasteiger partial charge in [-0.25, -0.2) is 9.13 Å². The predicted molar refractivity (Wildman–Crippen MR) is 454 cm³/mol. The second-order valence-electron chi connectivity index (χ2n) is 27.9. The molecule has 109 heavy (non-hydrogen) atoms. The molecule has 0 spiro atoms. The summed E-state index contributed by atoms with van der Waals surface area (Å²) in [7, 11) is -9.81. The first-order valence-corrected chi connectivity index (χ1v) is 45.4. The molecule has 0 fully saturated rings. The van der Waals surface area contributed by atoms with Crippen molar-refractivity contribution in [1.29, 1.82) is 0 Å². The van der Waals surface area contributed by atoms with Crippen molar-refractivity contribution in [3.8, 4) is 0 Å². The number of aliphatic hydroxyl groups excluding tert-OH is 2. The van der Waals surface area contributed by atoms with Crippen molar-refractivity contribution in [3.63, 3.8) is 0 Å². The molecule has 0 aromatic heterocycles. The quantitative estimate of drug-likeness (QED) is 0.0146. The lowest BCUT2D eigenvalue weighted by molar-refractivity contribution is -0.161. The third-order valence-electron chi connectivity index (χ3n) is 17.4. The molecule has 18 heteroatoms. The van der Waals surface area contributed by atoms with Crippen molar-refractivity contribution >= 4 is 33.6 Å². The summed E-state index contributed by atoms with van der Waals surface area (Å²) in [5, 5.41) is 20.7. The molecule has 0 aromatic carbocycles. The molecule has 0 heterocycles. The van der Waals surface area contributed by atoms with Crippen LogP contribution in [0.25, 0.3) is 0 Å². The average molecular weight is 1560 g/mol. The summed E-state index contributed by atoms with van der Waals surface area (Å²) in [6, 6.07) is 0. The molecular formula is C91H152O16P2. The van der Waals surface area contributed by atoms with Crippen LogP contribution in [0.1, 0.15) is 329 Å². The molecule has 0 bridgehead atoms. The number of carbonyl (C=O) groups is 3. The van der Waals surface area contributed by atoms with Crippen LogP contribution in [0, 0.1) is 0 Å². The van der Waals surface area contributed by atoms with E-state index < -0.39 is 91.5 Å². The van der Waals surface area contributed by atoms with Crippen molar-refractivity contribution in [2.45, 2.75) is 347 Å². The van der Waals surface area contributed by atoms with Gasteiger partial charge >= 0.3 is 33.6 Å². The molecule has 4 N–H and O–H groups in total. The van der Waals surface area contributed by atoms with E-state index in [1.54, 1.807) is 0 Å². The monoisotopic (exact) mass is 1560 g/mol. The largest absolute Gasteiger partial charge is 0.472 e. The Hall–Kier alpha value is -5.09. The Morgan fingerprint density at radius 1 is 0.266 bits per heavy atom. The summed E-state index contributed by atoms with van der Waals surface area (Å²) in [5.74, 6) is -1.60. The predicted octanol–water partition coefficient (Wildman–Crippen LogP) is 25.5. The van der Waals surface area contributed by atoms with Gasteiger partial charge in [-0.15, -0.1) is 0 Å². The van der Waals surface area contributed by atoms with Gasteiger partial charge in [-0.3, -0.25) is 32.5 Å². The summed E-state index contributed by atoms with van der Waals surface area (Å²) in [4.78, 5) is 58.8. The first-order chi connectivity index (χ1) is 53.2. The smallest absolute Gasteiger partial charge is 0.463 e. The van der Waals surface area contributed by atoms with Gasteiger partial charge in [0, 0.05) is 19.3 Å². The number of carbonyl (C=O) groups excluding carboxylic acids is 3. The van der Waals surface area contributed by atoms with E-state index in [2.05, 4.69) is 191 Å². The number of esters is 3. The molecule has 5 atom stereocenters. The molecule has 0 aliphatic rings. The highest BCUT2D eigenvalue weighted by molar-refractivity contribution is 7.47. The highest BCUT2D eigenvalue weighted by Crippen LogP contribution is 2.45. The molecule has 0 saturated heterocycles. The lowest BCUT2D eigenvalue weighted by atomic mass is 10.1. The molecule has 0 rings (SSSR count). The maximum Gasteiger partial charge on any atom is 0.472 e. The van der Waals surface area contributed by atoms with E-state index in [1.807, 2.05) is 0 Å². The zero-order chi connectivity index (χ0) is 79.4. The fourth-order valence-corrected chi connectivity index (χ4v) is 12.6. The van der Waals surface area contributed by atoms with Crippen LogP contribution in [0.2, 0.25) is 0 Å². The summed E-state index contributed by atoms with van der Waals surface area (Å²) in [6.45, 7) is 2.41. The number of allylic oxidation sites excluding steroid dienone is 28. The van der Waals surface area contributed by atoms with Crippen LogP contribution in [0.4, 0.5) is 0 Å². The van der Waals surface area contributed by atoms with E-state index in [1.165, 1.54) is 83.5 Å². The van der Waals surface area contributed by atoms with Gasteiger partial charge in [0.15, 0.2) is 6.10 Å². The van der Waals surface area contributed by atoms with Gasteiger partial charge in [0.25, 0.3) is 0 Å². The van der Waals surface area contributed by atoms with E-state index in [0.717, 1.165) is 186 Å². The van der Waals surface area contributed by atoms with Crippen molar-refractivity contribution < 1.29 is 75.8 Å². The number of ether oxygens (including phenoxy) is 3. The molecule has 0 amide bonds. The van der Waals surface area contributed by atoms with E-state index >= 15 is 0 Å². The molecule has 622 valence electrons. The summed E-state index contributed by atoms with van der Waals surface area (Å²) in [5.41, 5.74) is 0. The van der Waals surface area contributed by atoms with Gasteiger partial charge in [-0.2, -0.15) is 0 Å². The molecule has 0 aliphatic carbocycles. The Bertz CT molecular complexity index is 2660. The topological polar surface area (TPSA) is 231 Å². The molecule has 5 unspecified atom stereocenters. The summed E-state index contributed by atoms with van der Waals surface area (Å²) >= 11 is 0. The molecule has 0 aliphatic heterocycles. The van der Waals surface area contributed by atoms with Crippen LogP contribution in [0.5, 0.6) is 0 Å². The van der Waals surface area contributed by atoms with Crippen molar-refractivity contribution in [3.05, 3.63) is 170 Å². The van der Waals surface area contributed by atoms with Gasteiger partial charge in [0.1, 0.15) is 25.4 Å². The molecule has 0 radical (unpaired) electrons. The third-order valence-corrected chi connectivity index (χ3v) is 19.3. The van der Waals surface area contributed by atoms with E-state index in [-0.39, 0.29) is 19.3 Å². The highest BCUT2D eigenvalue weighted by atomic mass is 31.2. The van der Waals surface area contributed by atoms with Gasteiger partial charge in [0.2, 0.25) is 0 Å². The lowest BCUT2D eigenvalue weighted by Gasteiger charge is -2.21. The third kappa shape index (κ3) is 83.7. The Balaban J connectivity index is 4.56. The number of phosphoric acid groups is 2. The average Bonchev–Trinajstić information content (AvgIpc) is 0.903. The van der Waals surface area contributed by atoms with Crippen LogP contribution >= 0.6 is 15.6 Å². The summed E-state index contributed by atoms with van der Waals surface area (Å²) in [6.07, 6.45) is 105. The number of hydrogen-bond donors (Lipinski definition) is 4. The first-order valence-electron chi connectivity index (χ1n) is 42.4. The van der Waals surface area contributed by atoms with E-state index in [0.29, 0.717) is 19.3 Å². The second-order valence-corrected chi connectivity index (χ2v) is 30.8. The standard InChI is InChI=1S/C91H152O16P2/c1-4-7-10-13-16-19-22-25-28-30-32-34-36-38-40-42-44-46-48-50-52-54-57-59-62-65-68-71-74-77-89(94)101-80-86(92)81-103-108(97,98)104-82-87(93)83-105-109(99,100)106-85-88(107-91(96)79-76-73-70-67-64-61-56-27-24-21-18-15-12-9-6-3)84-102-90(95)78-75-72-69-66-63-60-58-55-53-51-49-47-45-43-41-39-37-35-33-31-29-26-23-20-17-14-11-8-5-2/h7-8,10-11,16-21,25-29,32-35,38-41,44-47,56,86-88,92-93H,4-6,9,12-15,22-24,30-31,36-37,42-43,48-55,57-85H2,1-3H3,(H,97,98)(H,99,100)/b10-7-,11-8-,19-16-,20-17-,21-18-,28-25-,29-26-,34-32-,35-33-,40-38-,41-39-,46-44-,47-45-,56-27-. The fraction of sp³-hybridized carbons (Fsp3) is 0.659. The zero-order valence-corrected chi connectivity index (χ0v) is 70.0. The normalized spacial score (nSPS) is 14.7. The highest BCUT2D eigenvalue weighted by Gasteiger charge is 2.29. The molecule has 0 saturated carbocycles. The lowest BCUT2D eigenvalue weighted by Crippen LogP contribution is -2.30. The molecular weight excluding hydrogens is 1410 g/mol. The van der Waals surface area contributed by atoms with Gasteiger partial charge in [-0.1, -0.05) is 326 Å². The maximum absolute atomic E-state index is 13.0. The Morgan fingerprint density at radius 2 is 0.486 bits per heavy atom. The second kappa shape index (κ2) is 82.4. The van der Waals surface area contributed by atoms with Gasteiger partial charge < -0.3 is 34.2 Å². The van der Waals surface area contributed by atoms with Crippen molar-refractivity contribution in [2.75, 3.05) is 39.6 Å². The van der Waals surface area contributed by atoms with Crippen LogP contribution in [-0.2, 0) is 55.8 Å². The van der Waals surface area contributed by atoms with Crippen LogP contribution in [-0.4, -0.2) is 95.9 Å². The number of phosphoric ester groups is 2. The fourth-order valence-electron chi connectivity index (χ4n) is 11.0. The SMILES string of the molecule is CC/C=C\C/C=C\C/C=C\C/C=C\C/C=C\C/C=C\CCCCCCCCCCCCC(=O)OCC(O)COP(=O)(O)OCC(O)COP(=O)(O)OCC(COC(=O)CCCCCCCCCCCC/C=C\C/C=C\C/C=C\C/C=C\C/C=C\C/C=C\CC)OC(=O)CCCCCCC/C=C\C/C=C\CCCCC. The van der Waals surface area contributed by atoms with Gasteiger partial charge in [0.05, 0.1) is 26.4 Å². The minimum absolute atomic E-state index is 0.0835. The molecule has 16 nitrogen and oxygen atoms in total. The minimum atomic E-state index is -4.94. The van der Waals surface area contributed by atoms with Crippen LogP contribution in [0.3, 0.4) is 0 Å².